The first-order chi connectivity index (χ1) is 6.74. The smallest absolute Gasteiger partial charge is 0.119 e. The van der Waals surface area contributed by atoms with Crippen LogP contribution in [-0.4, -0.2) is 10.8 Å². The summed E-state index contributed by atoms with van der Waals surface area (Å²) in [5.74, 6) is 0.895. The average molecular weight is 226 g/mol. The van der Waals surface area contributed by atoms with Crippen LogP contribution in [0.3, 0.4) is 0 Å². The molecule has 0 radical (unpaired) electrons. The van der Waals surface area contributed by atoms with Crippen molar-refractivity contribution in [1.82, 2.24) is 0 Å². The molecule has 0 aliphatic heterocycles. The molecule has 1 aromatic rings. The van der Waals surface area contributed by atoms with Crippen LogP contribution in [-0.2, 0) is 0 Å². The molecule has 0 heterocycles. The molecule has 0 spiro atoms. The van der Waals surface area contributed by atoms with E-state index in [-0.39, 0.29) is 0 Å². The normalized spacial score (nSPS) is 9.86. The van der Waals surface area contributed by atoms with Gasteiger partial charge in [0.25, 0.3) is 0 Å². The fraction of sp³-hybridized carbons (Fsp3) is 0.364. The number of benzene rings is 1. The van der Waals surface area contributed by atoms with Crippen molar-refractivity contribution in [2.75, 3.05) is 6.61 Å². The maximum absolute atomic E-state index is 5.51. The van der Waals surface area contributed by atoms with Gasteiger partial charge in [-0.05, 0) is 36.2 Å². The highest BCUT2D eigenvalue weighted by atomic mass is 32.1. The van der Waals surface area contributed by atoms with E-state index in [0.29, 0.717) is 4.20 Å². The van der Waals surface area contributed by atoms with Crippen LogP contribution in [0.25, 0.3) is 0 Å². The SMILES string of the molecule is CCCCOc1ccc(C(=S)S)cc1. The van der Waals surface area contributed by atoms with E-state index in [0.717, 1.165) is 30.8 Å². The summed E-state index contributed by atoms with van der Waals surface area (Å²) in [6.45, 7) is 2.92. The molecule has 0 aliphatic carbocycles. The topological polar surface area (TPSA) is 9.23 Å². The molecule has 0 bridgehead atoms. The van der Waals surface area contributed by atoms with Gasteiger partial charge in [-0.2, -0.15) is 0 Å². The molecule has 0 unspecified atom stereocenters. The van der Waals surface area contributed by atoms with Crippen molar-refractivity contribution in [2.24, 2.45) is 0 Å². The van der Waals surface area contributed by atoms with E-state index in [1.807, 2.05) is 24.3 Å². The third kappa shape index (κ3) is 3.68. The van der Waals surface area contributed by atoms with Crippen molar-refractivity contribution in [3.05, 3.63) is 29.8 Å². The summed E-state index contributed by atoms with van der Waals surface area (Å²) < 4.78 is 6.13. The zero-order valence-electron chi connectivity index (χ0n) is 8.19. The van der Waals surface area contributed by atoms with Crippen molar-refractivity contribution in [3.63, 3.8) is 0 Å². The number of rotatable bonds is 5. The molecule has 76 valence electrons. The molecule has 0 aromatic heterocycles. The molecule has 0 saturated carbocycles. The van der Waals surface area contributed by atoms with Gasteiger partial charge >= 0.3 is 0 Å². The first-order valence-electron chi connectivity index (χ1n) is 4.70. The average Bonchev–Trinajstić information content (AvgIpc) is 2.19. The predicted octanol–water partition coefficient (Wildman–Crippen LogP) is 3.47. The van der Waals surface area contributed by atoms with E-state index >= 15 is 0 Å². The van der Waals surface area contributed by atoms with E-state index in [1.54, 1.807) is 0 Å². The molecule has 1 nitrogen and oxygen atoms in total. The first-order valence-corrected chi connectivity index (χ1v) is 5.55. The minimum atomic E-state index is 0.616. The molecule has 1 rings (SSSR count). The lowest BCUT2D eigenvalue weighted by Gasteiger charge is -2.05. The summed E-state index contributed by atoms with van der Waals surface area (Å²) in [5, 5.41) is 0. The molecular formula is C11H14OS2. The fourth-order valence-corrected chi connectivity index (χ4v) is 1.31. The van der Waals surface area contributed by atoms with Gasteiger partial charge in [0.15, 0.2) is 0 Å². The number of hydrogen-bond acceptors (Lipinski definition) is 2. The van der Waals surface area contributed by atoms with E-state index in [1.165, 1.54) is 0 Å². The summed E-state index contributed by atoms with van der Waals surface area (Å²) in [5.41, 5.74) is 0.964. The van der Waals surface area contributed by atoms with Crippen LogP contribution in [0.5, 0.6) is 5.75 Å². The van der Waals surface area contributed by atoms with Crippen LogP contribution in [0, 0.1) is 0 Å². The lowest BCUT2D eigenvalue weighted by Crippen LogP contribution is -1.96. The summed E-state index contributed by atoms with van der Waals surface area (Å²) in [6.07, 6.45) is 2.24. The van der Waals surface area contributed by atoms with Crippen LogP contribution >= 0.6 is 24.8 Å². The Morgan fingerprint density at radius 3 is 2.50 bits per heavy atom. The minimum absolute atomic E-state index is 0.616. The Balaban J connectivity index is 2.51. The molecule has 0 N–H and O–H groups in total. The van der Waals surface area contributed by atoms with Gasteiger partial charge in [0, 0.05) is 0 Å². The van der Waals surface area contributed by atoms with E-state index in [2.05, 4.69) is 19.6 Å². The van der Waals surface area contributed by atoms with Crippen LogP contribution in [0.1, 0.15) is 25.3 Å². The molecule has 0 atom stereocenters. The lowest BCUT2D eigenvalue weighted by atomic mass is 10.2. The zero-order valence-corrected chi connectivity index (χ0v) is 9.91. The first kappa shape index (κ1) is 11.5. The maximum atomic E-state index is 5.51. The second-order valence-electron chi connectivity index (χ2n) is 3.03. The summed E-state index contributed by atoms with van der Waals surface area (Å²) in [4.78, 5) is 0. The third-order valence-electron chi connectivity index (χ3n) is 1.87. The highest BCUT2D eigenvalue weighted by Crippen LogP contribution is 2.14. The van der Waals surface area contributed by atoms with Gasteiger partial charge in [-0.25, -0.2) is 0 Å². The second kappa shape index (κ2) is 6.04. The zero-order chi connectivity index (χ0) is 10.4. The van der Waals surface area contributed by atoms with Crippen molar-refractivity contribution < 1.29 is 4.74 Å². The Morgan fingerprint density at radius 2 is 2.00 bits per heavy atom. The molecule has 0 aliphatic rings. The molecule has 14 heavy (non-hydrogen) atoms. The van der Waals surface area contributed by atoms with Crippen LogP contribution in [0.2, 0.25) is 0 Å². The van der Waals surface area contributed by atoms with Gasteiger partial charge in [-0.1, -0.05) is 25.6 Å². The molecular weight excluding hydrogens is 212 g/mol. The molecule has 0 fully saturated rings. The quantitative estimate of drug-likeness (QED) is 0.468. The highest BCUT2D eigenvalue weighted by molar-refractivity contribution is 8.11. The van der Waals surface area contributed by atoms with E-state index in [4.69, 9.17) is 17.0 Å². The van der Waals surface area contributed by atoms with Crippen molar-refractivity contribution in [1.29, 1.82) is 0 Å². The second-order valence-corrected chi connectivity index (χ2v) is 4.19. The van der Waals surface area contributed by atoms with E-state index in [9.17, 15) is 0 Å². The van der Waals surface area contributed by atoms with Gasteiger partial charge in [0.05, 0.1) is 10.8 Å². The highest BCUT2D eigenvalue weighted by Gasteiger charge is 1.96. The molecule has 1 aromatic carbocycles. The predicted molar refractivity (Wildman–Crippen MR) is 67.5 cm³/mol. The van der Waals surface area contributed by atoms with Crippen LogP contribution in [0.15, 0.2) is 24.3 Å². The Morgan fingerprint density at radius 1 is 1.36 bits per heavy atom. The summed E-state index contributed by atoms with van der Waals surface area (Å²) in [7, 11) is 0. The maximum Gasteiger partial charge on any atom is 0.119 e. The van der Waals surface area contributed by atoms with Crippen molar-refractivity contribution in [2.45, 2.75) is 19.8 Å². The van der Waals surface area contributed by atoms with Crippen LogP contribution < -0.4 is 4.74 Å². The standard InChI is InChI=1S/C11H14OS2/c1-2-3-8-12-10-6-4-9(5-7-10)11(13)14/h4-7H,2-3,8H2,1H3,(H,13,14). The number of hydrogen-bond donors (Lipinski definition) is 1. The summed E-state index contributed by atoms with van der Waals surface area (Å²) >= 11 is 9.03. The minimum Gasteiger partial charge on any atom is -0.494 e. The largest absolute Gasteiger partial charge is 0.494 e. The lowest BCUT2D eigenvalue weighted by molar-refractivity contribution is 0.309. The third-order valence-corrected chi connectivity index (χ3v) is 2.36. The monoisotopic (exact) mass is 226 g/mol. The molecule has 3 heteroatoms. The Bertz CT molecular complexity index is 293. The number of unbranched alkanes of at least 4 members (excludes halogenated alkanes) is 1. The number of thiol groups is 1. The van der Waals surface area contributed by atoms with Gasteiger partial charge in [-0.3, -0.25) is 0 Å². The van der Waals surface area contributed by atoms with Crippen molar-refractivity contribution in [3.8, 4) is 5.75 Å². The molecule has 0 amide bonds. The fourth-order valence-electron chi connectivity index (χ4n) is 1.03. The van der Waals surface area contributed by atoms with Gasteiger partial charge in [0.2, 0.25) is 0 Å². The van der Waals surface area contributed by atoms with Crippen LogP contribution in [0.4, 0.5) is 0 Å². The Kier molecular flexibility index (Phi) is 4.98. The Hall–Kier alpha value is -0.540. The van der Waals surface area contributed by atoms with E-state index < -0.39 is 0 Å². The van der Waals surface area contributed by atoms with Gasteiger partial charge in [-0.15, -0.1) is 12.6 Å². The summed E-state index contributed by atoms with van der Waals surface area (Å²) in [6, 6.07) is 7.70. The van der Waals surface area contributed by atoms with Crippen molar-refractivity contribution >= 4 is 29.0 Å². The van der Waals surface area contributed by atoms with Gasteiger partial charge < -0.3 is 4.74 Å². The number of thiocarbonyl (C=S) groups is 1. The van der Waals surface area contributed by atoms with Gasteiger partial charge in [0.1, 0.15) is 5.75 Å². The molecule has 0 saturated heterocycles. The number of ether oxygens (including phenoxy) is 1. The Labute approximate surface area is 95.9 Å².